The minimum absolute atomic E-state index is 0.0135. The maximum atomic E-state index is 16.0. The third kappa shape index (κ3) is 10.5. The summed E-state index contributed by atoms with van der Waals surface area (Å²) in [7, 11) is 1.88. The summed E-state index contributed by atoms with van der Waals surface area (Å²) in [5.74, 6) is -7.18. The van der Waals surface area contributed by atoms with Crippen LogP contribution in [-0.2, 0) is 42.9 Å². The number of hydrogen-bond acceptors (Lipinski definition) is 15. The number of Topliss-reactive ketones (excluding diaryl/α,β-unsaturated/α-hetero) is 3. The second-order valence-corrected chi connectivity index (χ2v) is 24.9. The van der Waals surface area contributed by atoms with Gasteiger partial charge in [-0.15, -0.1) is 0 Å². The molecular weight excluding hydrogens is 969 g/mol. The zero-order valence-electron chi connectivity index (χ0n) is 43.8. The predicted molar refractivity (Wildman–Crippen MR) is 277 cm³/mol. The fourth-order valence-corrected chi connectivity index (χ4v) is 15.0. The molecule has 4 aliphatic rings. The predicted octanol–water partition coefficient (Wildman–Crippen LogP) is 10.7. The molecule has 3 aromatic carbocycles. The van der Waals surface area contributed by atoms with Gasteiger partial charge < -0.3 is 34.0 Å². The van der Waals surface area contributed by atoms with Crippen LogP contribution in [0.5, 0.6) is 0 Å². The highest BCUT2D eigenvalue weighted by Gasteiger charge is 2.77. The number of aliphatic hydroxyl groups excluding tert-OH is 1. The Balaban J connectivity index is 1.42. The molecule has 3 fully saturated rings. The minimum Gasteiger partial charge on any atom is -0.460 e. The number of carbonyl (C=O) groups excluding carboxylic acids is 7. The topological polar surface area (TPSA) is 197 Å². The zero-order chi connectivity index (χ0) is 53.6. The smallest absolute Gasteiger partial charge is 0.379 e. The van der Waals surface area contributed by atoms with Crippen LogP contribution >= 0.6 is 21.6 Å². The molecular formula is C58H70O13S2. The number of fused-ring (bicyclic) bond motifs is 5. The van der Waals surface area contributed by atoms with E-state index in [4.69, 9.17) is 18.9 Å². The maximum absolute atomic E-state index is 16.0. The molecule has 73 heavy (non-hydrogen) atoms. The van der Waals surface area contributed by atoms with E-state index < -0.39 is 110 Å². The van der Waals surface area contributed by atoms with Gasteiger partial charge in [-0.25, -0.2) is 9.59 Å². The van der Waals surface area contributed by atoms with Crippen molar-refractivity contribution in [3.8, 4) is 0 Å². The van der Waals surface area contributed by atoms with Crippen LogP contribution in [0.2, 0.25) is 0 Å². The van der Waals surface area contributed by atoms with Crippen LogP contribution in [0.4, 0.5) is 4.79 Å². The van der Waals surface area contributed by atoms with E-state index in [0.29, 0.717) is 24.0 Å². The summed E-state index contributed by atoms with van der Waals surface area (Å²) in [5.41, 5.74) is -5.97. The Morgan fingerprint density at radius 2 is 1.44 bits per heavy atom. The van der Waals surface area contributed by atoms with E-state index in [-0.39, 0.29) is 48.4 Å². The summed E-state index contributed by atoms with van der Waals surface area (Å²) in [4.78, 5) is 102. The lowest BCUT2D eigenvalue weighted by Gasteiger charge is -2.74. The standard InChI is InChI=1S/C58H70O13S2/c1-33-20-18-19-25-43(33)72-73-52(66)70-47(39(37-21-14-12-15-22-37)28-45(63)71-53(5,6)7)51(65)69-42-31-58(67)40(29-41(61)38-23-16-13-17-24-38)49-56(11,44(62)32-55(10)26-27-57(49,55)30-34(2)59)50(64)48(68-36(4)60)46(35(42)3)54(58,8)9/h12-25,39-40,42,44,47-49,62,67H,26-32H2,1-11H3/t39-,40?,42-,44-,47+,48+,49?,55+,56+,57+,58+/m0/s1. The van der Waals surface area contributed by atoms with Crippen molar-refractivity contribution in [1.82, 2.24) is 0 Å². The van der Waals surface area contributed by atoms with Crippen LogP contribution < -0.4 is 0 Å². The molecule has 0 aromatic heterocycles. The van der Waals surface area contributed by atoms with Crippen LogP contribution in [0.25, 0.3) is 0 Å². The Morgan fingerprint density at radius 3 is 2.01 bits per heavy atom. The van der Waals surface area contributed by atoms with Gasteiger partial charge in [-0.3, -0.25) is 19.2 Å². The number of benzene rings is 3. The molecule has 4 aliphatic carbocycles. The third-order valence-corrected chi connectivity index (χ3v) is 19.0. The minimum atomic E-state index is -2.11. The zero-order valence-corrected chi connectivity index (χ0v) is 45.4. The molecule has 0 spiro atoms. The van der Waals surface area contributed by atoms with Crippen molar-refractivity contribution in [2.45, 2.75) is 168 Å². The number of rotatable bonds is 15. The molecule has 15 heteroatoms. The number of aryl methyl sites for hydroxylation is 1. The van der Waals surface area contributed by atoms with Gasteiger partial charge >= 0.3 is 23.2 Å². The lowest BCUT2D eigenvalue weighted by atomic mass is 9.30. The highest BCUT2D eigenvalue weighted by atomic mass is 33.1. The molecule has 0 saturated heterocycles. The molecule has 3 aromatic rings. The number of esters is 3. The van der Waals surface area contributed by atoms with Gasteiger partial charge in [0.2, 0.25) is 6.10 Å². The summed E-state index contributed by atoms with van der Waals surface area (Å²) in [5, 5.41) is 26.0. The number of aliphatic hydroxyl groups is 2. The largest absolute Gasteiger partial charge is 0.460 e. The van der Waals surface area contributed by atoms with E-state index in [1.807, 2.05) is 38.1 Å². The van der Waals surface area contributed by atoms with Gasteiger partial charge in [0.1, 0.15) is 17.5 Å². The highest BCUT2D eigenvalue weighted by Crippen LogP contribution is 2.76. The van der Waals surface area contributed by atoms with E-state index in [0.717, 1.165) is 39.0 Å². The first-order chi connectivity index (χ1) is 34.1. The molecule has 0 amide bonds. The van der Waals surface area contributed by atoms with Crippen molar-refractivity contribution in [3.63, 3.8) is 0 Å². The molecule has 7 rings (SSSR count). The number of carbonyl (C=O) groups is 7. The van der Waals surface area contributed by atoms with Gasteiger partial charge in [-0.2, -0.15) is 0 Å². The lowest BCUT2D eigenvalue weighted by molar-refractivity contribution is -0.280. The average molecular weight is 1040 g/mol. The molecule has 0 radical (unpaired) electrons. The normalized spacial score (nSPS) is 30.2. The van der Waals surface area contributed by atoms with Crippen molar-refractivity contribution in [3.05, 3.63) is 113 Å². The molecule has 3 saturated carbocycles. The fourth-order valence-electron chi connectivity index (χ4n) is 13.2. The van der Waals surface area contributed by atoms with E-state index in [1.54, 1.807) is 109 Å². The first kappa shape index (κ1) is 55.7. The molecule has 0 aliphatic heterocycles. The number of ketones is 3. The number of ether oxygens (including phenoxy) is 4. The van der Waals surface area contributed by atoms with E-state index in [2.05, 4.69) is 0 Å². The lowest BCUT2D eigenvalue weighted by Crippen LogP contribution is -2.76. The highest BCUT2D eigenvalue weighted by molar-refractivity contribution is 8.82. The Labute approximate surface area is 436 Å². The van der Waals surface area contributed by atoms with Gasteiger partial charge in [0, 0.05) is 64.7 Å². The van der Waals surface area contributed by atoms with Crippen LogP contribution in [0.1, 0.15) is 142 Å². The van der Waals surface area contributed by atoms with Gasteiger partial charge in [0.15, 0.2) is 17.7 Å². The Hall–Kier alpha value is -5.09. The molecule has 2 bridgehead atoms. The second kappa shape index (κ2) is 20.9. The summed E-state index contributed by atoms with van der Waals surface area (Å²) >= 11 is 0. The van der Waals surface area contributed by atoms with E-state index in [9.17, 15) is 34.2 Å². The van der Waals surface area contributed by atoms with Crippen molar-refractivity contribution >= 4 is 62.1 Å². The monoisotopic (exact) mass is 1040 g/mol. The third-order valence-electron chi connectivity index (χ3n) is 16.9. The van der Waals surface area contributed by atoms with Crippen molar-refractivity contribution in [2.75, 3.05) is 0 Å². The van der Waals surface area contributed by atoms with Crippen molar-refractivity contribution < 1.29 is 62.7 Å². The van der Waals surface area contributed by atoms with Gasteiger partial charge in [-0.1, -0.05) is 99.6 Å². The first-order valence-electron chi connectivity index (χ1n) is 25.1. The molecule has 11 atom stereocenters. The Bertz CT molecular complexity index is 2680. The van der Waals surface area contributed by atoms with Gasteiger partial charge in [0.05, 0.1) is 23.5 Å². The van der Waals surface area contributed by atoms with Crippen LogP contribution in [0.3, 0.4) is 0 Å². The summed E-state index contributed by atoms with van der Waals surface area (Å²) < 4.78 is 24.5. The SMILES string of the molecule is CC(=O)C[C@@]12CC[C@]1(C)C[C@H](O)[C@@]1(C)C(=O)[C@H](OC(C)=O)C3=C(C)[C@@H](OC(=O)[C@H](OC(=O)SSc4ccccc4C)[C@@H](CC(=O)OC(C)(C)C)c4ccccc4)C[C@@](O)(C(CC(=O)c4ccccc4)C21)C3(C)C. The van der Waals surface area contributed by atoms with E-state index >= 15 is 9.59 Å². The Kier molecular flexibility index (Phi) is 15.9. The number of hydrogen-bond donors (Lipinski definition) is 2. The quantitative estimate of drug-likeness (QED) is 0.0479. The maximum Gasteiger partial charge on any atom is 0.379 e. The molecule has 0 heterocycles. The summed E-state index contributed by atoms with van der Waals surface area (Å²) in [6.45, 7) is 18.3. The molecule has 2 N–H and O–H groups in total. The molecule has 2 unspecified atom stereocenters. The van der Waals surface area contributed by atoms with Crippen LogP contribution in [0, 0.1) is 40.4 Å². The summed E-state index contributed by atoms with van der Waals surface area (Å²) in [6.07, 6.45) is -6.23. The van der Waals surface area contributed by atoms with Gasteiger partial charge in [-0.05, 0) is 124 Å². The fraction of sp³-hybridized carbons (Fsp3) is 0.534. The van der Waals surface area contributed by atoms with E-state index in [1.165, 1.54) is 6.92 Å². The summed E-state index contributed by atoms with van der Waals surface area (Å²) in [6, 6.07) is 24.6. The van der Waals surface area contributed by atoms with Crippen molar-refractivity contribution in [1.29, 1.82) is 0 Å². The second-order valence-electron chi connectivity index (χ2n) is 22.8. The average Bonchev–Trinajstić information content (AvgIpc) is 3.31. The molecule has 392 valence electrons. The molecule has 13 nitrogen and oxygen atoms in total. The Morgan fingerprint density at radius 1 is 0.822 bits per heavy atom. The van der Waals surface area contributed by atoms with Crippen LogP contribution in [-0.4, -0.2) is 86.4 Å². The van der Waals surface area contributed by atoms with Crippen LogP contribution in [0.15, 0.2) is 101 Å². The van der Waals surface area contributed by atoms with Gasteiger partial charge in [0.25, 0.3) is 0 Å². The van der Waals surface area contributed by atoms with Crippen molar-refractivity contribution in [2.24, 2.45) is 33.5 Å². The first-order valence-corrected chi connectivity index (χ1v) is 27.2.